The Morgan fingerprint density at radius 2 is 2.16 bits per heavy atom. The average molecular weight is 424 g/mol. The third-order valence-corrected chi connectivity index (χ3v) is 4.49. The fourth-order valence-corrected chi connectivity index (χ4v) is 2.79. The molecule has 25 heavy (non-hydrogen) atoms. The standard InChI is InChI=1S/C16H16BrClN6O/c1-11-14(17)9-23(21-11)6-5-15(25)20-16-19-10-24(22-16)8-12-3-2-4-13(18)7-12/h2-4,7,9-10H,5-6,8H2,1H3,(H,20,22,25). The van der Waals surface area contributed by atoms with Crippen molar-refractivity contribution in [2.45, 2.75) is 26.4 Å². The van der Waals surface area contributed by atoms with E-state index in [9.17, 15) is 4.79 Å². The van der Waals surface area contributed by atoms with Gasteiger partial charge in [-0.25, -0.2) is 9.67 Å². The quantitative estimate of drug-likeness (QED) is 0.660. The van der Waals surface area contributed by atoms with Gasteiger partial charge in [0.1, 0.15) is 6.33 Å². The first kappa shape index (κ1) is 17.6. The van der Waals surface area contributed by atoms with Gasteiger partial charge in [0.2, 0.25) is 11.9 Å². The molecule has 0 fully saturated rings. The lowest BCUT2D eigenvalue weighted by Crippen LogP contribution is -2.16. The van der Waals surface area contributed by atoms with Crippen LogP contribution in [-0.4, -0.2) is 30.5 Å². The predicted octanol–water partition coefficient (Wildman–Crippen LogP) is 3.28. The van der Waals surface area contributed by atoms with Crippen LogP contribution in [0, 0.1) is 6.92 Å². The number of aryl methyl sites for hydroxylation is 2. The number of hydrogen-bond donors (Lipinski definition) is 1. The van der Waals surface area contributed by atoms with Crippen molar-refractivity contribution in [1.29, 1.82) is 0 Å². The maximum Gasteiger partial charge on any atom is 0.248 e. The lowest BCUT2D eigenvalue weighted by Gasteiger charge is -2.03. The molecule has 3 rings (SSSR count). The minimum absolute atomic E-state index is 0.162. The van der Waals surface area contributed by atoms with Gasteiger partial charge in [-0.3, -0.25) is 14.8 Å². The number of nitrogens with zero attached hydrogens (tertiary/aromatic N) is 5. The molecular formula is C16H16BrClN6O. The SMILES string of the molecule is Cc1nn(CCC(=O)Nc2ncn(Cc3cccc(Cl)c3)n2)cc1Br. The van der Waals surface area contributed by atoms with Gasteiger partial charge in [0, 0.05) is 24.2 Å². The van der Waals surface area contributed by atoms with Crippen LogP contribution >= 0.6 is 27.5 Å². The normalized spacial score (nSPS) is 10.8. The summed E-state index contributed by atoms with van der Waals surface area (Å²) in [7, 11) is 0. The van der Waals surface area contributed by atoms with Crippen LogP contribution < -0.4 is 5.32 Å². The molecule has 1 amide bonds. The lowest BCUT2D eigenvalue weighted by molar-refractivity contribution is -0.116. The third-order valence-electron chi connectivity index (χ3n) is 3.48. The average Bonchev–Trinajstić information content (AvgIpc) is 3.12. The van der Waals surface area contributed by atoms with Gasteiger partial charge in [-0.1, -0.05) is 23.7 Å². The maximum atomic E-state index is 12.0. The van der Waals surface area contributed by atoms with Crippen LogP contribution in [-0.2, 0) is 17.9 Å². The molecule has 2 aromatic heterocycles. The second-order valence-corrected chi connectivity index (χ2v) is 6.81. The first-order valence-corrected chi connectivity index (χ1v) is 8.80. The number of benzene rings is 1. The Morgan fingerprint density at radius 1 is 1.32 bits per heavy atom. The molecule has 0 atom stereocenters. The lowest BCUT2D eigenvalue weighted by atomic mass is 10.2. The number of aromatic nitrogens is 5. The van der Waals surface area contributed by atoms with E-state index in [0.29, 0.717) is 18.1 Å². The van der Waals surface area contributed by atoms with Crippen LogP contribution in [0.25, 0.3) is 0 Å². The largest absolute Gasteiger partial charge is 0.293 e. The highest BCUT2D eigenvalue weighted by atomic mass is 79.9. The van der Waals surface area contributed by atoms with Crippen molar-refractivity contribution in [3.05, 3.63) is 57.5 Å². The van der Waals surface area contributed by atoms with Gasteiger partial charge in [0.15, 0.2) is 0 Å². The highest BCUT2D eigenvalue weighted by Crippen LogP contribution is 2.14. The summed E-state index contributed by atoms with van der Waals surface area (Å²) in [5, 5.41) is 11.9. The van der Waals surface area contributed by atoms with Crippen LogP contribution in [0.1, 0.15) is 17.7 Å². The van der Waals surface area contributed by atoms with E-state index in [1.54, 1.807) is 15.7 Å². The van der Waals surface area contributed by atoms with Crippen LogP contribution in [0.5, 0.6) is 0 Å². The second kappa shape index (κ2) is 7.79. The zero-order valence-electron chi connectivity index (χ0n) is 13.5. The summed E-state index contributed by atoms with van der Waals surface area (Å²) in [5.74, 6) is 0.120. The van der Waals surface area contributed by atoms with Crippen molar-refractivity contribution in [2.75, 3.05) is 5.32 Å². The number of nitrogens with one attached hydrogen (secondary N) is 1. The van der Waals surface area contributed by atoms with Crippen molar-refractivity contribution < 1.29 is 4.79 Å². The maximum absolute atomic E-state index is 12.0. The molecular weight excluding hydrogens is 408 g/mol. The van der Waals surface area contributed by atoms with E-state index in [4.69, 9.17) is 11.6 Å². The summed E-state index contributed by atoms with van der Waals surface area (Å²) < 4.78 is 4.30. The molecule has 0 bridgehead atoms. The minimum Gasteiger partial charge on any atom is -0.293 e. The molecule has 7 nitrogen and oxygen atoms in total. The smallest absolute Gasteiger partial charge is 0.248 e. The van der Waals surface area contributed by atoms with Crippen LogP contribution in [0.3, 0.4) is 0 Å². The number of carbonyl (C=O) groups is 1. The Balaban J connectivity index is 1.53. The molecule has 2 heterocycles. The fourth-order valence-electron chi connectivity index (χ4n) is 2.26. The first-order valence-electron chi connectivity index (χ1n) is 7.63. The van der Waals surface area contributed by atoms with Crippen molar-refractivity contribution in [2.24, 2.45) is 0 Å². The summed E-state index contributed by atoms with van der Waals surface area (Å²) in [5.41, 5.74) is 1.90. The second-order valence-electron chi connectivity index (χ2n) is 5.52. The number of carbonyl (C=O) groups excluding carboxylic acids is 1. The zero-order chi connectivity index (χ0) is 17.8. The highest BCUT2D eigenvalue weighted by molar-refractivity contribution is 9.10. The molecule has 0 spiro atoms. The third kappa shape index (κ3) is 4.90. The van der Waals surface area contributed by atoms with E-state index < -0.39 is 0 Å². The molecule has 0 aliphatic heterocycles. The van der Waals surface area contributed by atoms with Gasteiger partial charge in [0.05, 0.1) is 16.7 Å². The molecule has 0 saturated heterocycles. The van der Waals surface area contributed by atoms with E-state index >= 15 is 0 Å². The van der Waals surface area contributed by atoms with Crippen molar-refractivity contribution >= 4 is 39.4 Å². The number of rotatable bonds is 6. The molecule has 0 saturated carbocycles. The van der Waals surface area contributed by atoms with E-state index in [-0.39, 0.29) is 18.3 Å². The summed E-state index contributed by atoms with van der Waals surface area (Å²) in [4.78, 5) is 16.1. The van der Waals surface area contributed by atoms with Gasteiger partial charge in [-0.15, -0.1) is 5.10 Å². The summed E-state index contributed by atoms with van der Waals surface area (Å²) in [6.45, 7) is 2.92. The van der Waals surface area contributed by atoms with Gasteiger partial charge in [-0.05, 0) is 40.5 Å². The minimum atomic E-state index is -0.162. The summed E-state index contributed by atoms with van der Waals surface area (Å²) >= 11 is 9.37. The fraction of sp³-hybridized carbons (Fsp3) is 0.250. The molecule has 1 aromatic carbocycles. The highest BCUT2D eigenvalue weighted by Gasteiger charge is 2.09. The van der Waals surface area contributed by atoms with Crippen LogP contribution in [0.2, 0.25) is 5.02 Å². The molecule has 9 heteroatoms. The summed E-state index contributed by atoms with van der Waals surface area (Å²) in [6, 6.07) is 7.52. The molecule has 130 valence electrons. The van der Waals surface area contributed by atoms with E-state index in [0.717, 1.165) is 15.7 Å². The predicted molar refractivity (Wildman–Crippen MR) is 98.5 cm³/mol. The Morgan fingerprint density at radius 3 is 2.88 bits per heavy atom. The molecule has 1 N–H and O–H groups in total. The molecule has 0 unspecified atom stereocenters. The van der Waals surface area contributed by atoms with E-state index in [1.165, 1.54) is 0 Å². The van der Waals surface area contributed by atoms with Gasteiger partial charge in [-0.2, -0.15) is 5.10 Å². The zero-order valence-corrected chi connectivity index (χ0v) is 15.8. The number of amides is 1. The first-order chi connectivity index (χ1) is 12.0. The van der Waals surface area contributed by atoms with Crippen molar-refractivity contribution in [3.63, 3.8) is 0 Å². The van der Waals surface area contributed by atoms with E-state index in [1.807, 2.05) is 37.4 Å². The Kier molecular flexibility index (Phi) is 5.50. The monoisotopic (exact) mass is 422 g/mol. The van der Waals surface area contributed by atoms with Gasteiger partial charge < -0.3 is 0 Å². The topological polar surface area (TPSA) is 77.6 Å². The molecule has 0 radical (unpaired) electrons. The van der Waals surface area contributed by atoms with Crippen LogP contribution in [0.4, 0.5) is 5.95 Å². The number of hydrogen-bond acceptors (Lipinski definition) is 4. The number of halogens is 2. The van der Waals surface area contributed by atoms with Crippen molar-refractivity contribution in [1.82, 2.24) is 24.5 Å². The number of anilines is 1. The Bertz CT molecular complexity index is 871. The van der Waals surface area contributed by atoms with Crippen LogP contribution in [0.15, 0.2) is 41.3 Å². The molecule has 3 aromatic rings. The van der Waals surface area contributed by atoms with Gasteiger partial charge >= 0.3 is 0 Å². The molecule has 0 aliphatic rings. The van der Waals surface area contributed by atoms with Crippen molar-refractivity contribution in [3.8, 4) is 0 Å². The van der Waals surface area contributed by atoms with Gasteiger partial charge in [0.25, 0.3) is 0 Å². The Labute approximate surface area is 158 Å². The molecule has 0 aliphatic carbocycles. The Hall–Kier alpha value is -2.19. The summed E-state index contributed by atoms with van der Waals surface area (Å²) in [6.07, 6.45) is 3.71. The van der Waals surface area contributed by atoms with E-state index in [2.05, 4.69) is 36.4 Å².